The SMILES string of the molecule is COC(OCCC(C)C)OCCC(C)C. The molecule has 0 fully saturated rings. The average Bonchev–Trinajstić information content (AvgIpc) is 2.14. The predicted octanol–water partition coefficient (Wildman–Crippen LogP) is 3.04. The lowest BCUT2D eigenvalue weighted by Gasteiger charge is -2.17. The maximum absolute atomic E-state index is 5.44. The molecule has 0 atom stereocenters. The summed E-state index contributed by atoms with van der Waals surface area (Å²) in [5, 5.41) is 0. The molecule has 0 saturated carbocycles. The van der Waals surface area contributed by atoms with Crippen LogP contribution in [-0.4, -0.2) is 26.8 Å². The fourth-order valence-corrected chi connectivity index (χ4v) is 0.984. The average molecular weight is 218 g/mol. The van der Waals surface area contributed by atoms with Gasteiger partial charge >= 0.3 is 0 Å². The maximum Gasteiger partial charge on any atom is 0.271 e. The Morgan fingerprint density at radius 1 is 0.800 bits per heavy atom. The van der Waals surface area contributed by atoms with Crippen molar-refractivity contribution in [2.45, 2.75) is 47.0 Å². The first-order valence-electron chi connectivity index (χ1n) is 5.82. The molecule has 0 radical (unpaired) electrons. The van der Waals surface area contributed by atoms with Gasteiger partial charge in [-0.2, -0.15) is 0 Å². The Labute approximate surface area is 94.1 Å². The minimum atomic E-state index is -0.498. The summed E-state index contributed by atoms with van der Waals surface area (Å²) in [5.74, 6) is 1.30. The molecule has 92 valence electrons. The standard InChI is InChI=1S/C12H26O3/c1-10(2)6-8-14-12(13-5)15-9-7-11(3)4/h10-12H,6-9H2,1-5H3. The number of methoxy groups -OCH3 is 1. The smallest absolute Gasteiger partial charge is 0.271 e. The minimum absolute atomic E-state index is 0.498. The monoisotopic (exact) mass is 218 g/mol. The highest BCUT2D eigenvalue weighted by molar-refractivity contribution is 4.44. The van der Waals surface area contributed by atoms with E-state index in [9.17, 15) is 0 Å². The van der Waals surface area contributed by atoms with Crippen LogP contribution < -0.4 is 0 Å². The Bertz CT molecular complexity index is 121. The number of hydrogen-bond donors (Lipinski definition) is 0. The summed E-state index contributed by atoms with van der Waals surface area (Å²) in [4.78, 5) is 0. The summed E-state index contributed by atoms with van der Waals surface area (Å²) < 4.78 is 15.9. The third kappa shape index (κ3) is 10.2. The highest BCUT2D eigenvalue weighted by Crippen LogP contribution is 2.05. The molecule has 0 unspecified atom stereocenters. The van der Waals surface area contributed by atoms with E-state index in [1.54, 1.807) is 7.11 Å². The fourth-order valence-electron chi connectivity index (χ4n) is 0.984. The van der Waals surface area contributed by atoms with Crippen molar-refractivity contribution >= 4 is 0 Å². The van der Waals surface area contributed by atoms with Gasteiger partial charge in [0.25, 0.3) is 6.48 Å². The van der Waals surface area contributed by atoms with Gasteiger partial charge in [0.15, 0.2) is 0 Å². The molecule has 3 heteroatoms. The Kier molecular flexibility index (Phi) is 9.06. The van der Waals surface area contributed by atoms with Gasteiger partial charge in [0, 0.05) is 7.11 Å². The largest absolute Gasteiger partial charge is 0.333 e. The first kappa shape index (κ1) is 14.9. The van der Waals surface area contributed by atoms with Crippen molar-refractivity contribution in [2.24, 2.45) is 11.8 Å². The molecule has 0 spiro atoms. The molecule has 3 nitrogen and oxygen atoms in total. The van der Waals surface area contributed by atoms with E-state index in [1.807, 2.05) is 0 Å². The molecular formula is C12H26O3. The van der Waals surface area contributed by atoms with Crippen molar-refractivity contribution in [2.75, 3.05) is 20.3 Å². The van der Waals surface area contributed by atoms with Gasteiger partial charge < -0.3 is 14.2 Å². The molecule has 0 aliphatic heterocycles. The van der Waals surface area contributed by atoms with E-state index in [2.05, 4.69) is 27.7 Å². The van der Waals surface area contributed by atoms with E-state index in [-0.39, 0.29) is 0 Å². The second-order valence-corrected chi connectivity index (χ2v) is 4.63. The molecule has 0 aliphatic rings. The zero-order valence-electron chi connectivity index (χ0n) is 10.8. The van der Waals surface area contributed by atoms with Crippen LogP contribution in [0.3, 0.4) is 0 Å². The van der Waals surface area contributed by atoms with Gasteiger partial charge in [-0.05, 0) is 24.7 Å². The summed E-state index contributed by atoms with van der Waals surface area (Å²) >= 11 is 0. The van der Waals surface area contributed by atoms with Gasteiger partial charge in [0.2, 0.25) is 0 Å². The van der Waals surface area contributed by atoms with Crippen LogP contribution in [0.4, 0.5) is 0 Å². The van der Waals surface area contributed by atoms with Crippen molar-refractivity contribution in [3.05, 3.63) is 0 Å². The molecule has 0 aromatic rings. The Balaban J connectivity index is 3.46. The van der Waals surface area contributed by atoms with Gasteiger partial charge in [0.1, 0.15) is 0 Å². The van der Waals surface area contributed by atoms with Crippen molar-refractivity contribution < 1.29 is 14.2 Å². The number of ether oxygens (including phenoxy) is 3. The lowest BCUT2D eigenvalue weighted by atomic mass is 10.1. The summed E-state index contributed by atoms with van der Waals surface area (Å²) in [6, 6.07) is 0. The summed E-state index contributed by atoms with van der Waals surface area (Å²) in [5.41, 5.74) is 0. The highest BCUT2D eigenvalue weighted by atomic mass is 16.8. The van der Waals surface area contributed by atoms with Gasteiger partial charge in [0.05, 0.1) is 13.2 Å². The molecule has 0 aromatic carbocycles. The van der Waals surface area contributed by atoms with E-state index in [1.165, 1.54) is 0 Å². The maximum atomic E-state index is 5.44. The fraction of sp³-hybridized carbons (Fsp3) is 1.00. The molecule has 0 bridgehead atoms. The van der Waals surface area contributed by atoms with Crippen molar-refractivity contribution in [1.82, 2.24) is 0 Å². The second-order valence-electron chi connectivity index (χ2n) is 4.63. The van der Waals surface area contributed by atoms with Crippen LogP contribution in [0.25, 0.3) is 0 Å². The van der Waals surface area contributed by atoms with Gasteiger partial charge in [-0.15, -0.1) is 0 Å². The second kappa shape index (κ2) is 9.13. The van der Waals surface area contributed by atoms with Crippen LogP contribution in [0, 0.1) is 11.8 Å². The van der Waals surface area contributed by atoms with E-state index in [0.717, 1.165) is 12.8 Å². The van der Waals surface area contributed by atoms with E-state index < -0.39 is 6.48 Å². The van der Waals surface area contributed by atoms with Crippen LogP contribution >= 0.6 is 0 Å². The predicted molar refractivity (Wildman–Crippen MR) is 61.6 cm³/mol. The van der Waals surface area contributed by atoms with Crippen LogP contribution in [0.15, 0.2) is 0 Å². The molecule has 15 heavy (non-hydrogen) atoms. The van der Waals surface area contributed by atoms with E-state index >= 15 is 0 Å². The number of rotatable bonds is 9. The van der Waals surface area contributed by atoms with Crippen molar-refractivity contribution in [1.29, 1.82) is 0 Å². The summed E-state index contributed by atoms with van der Waals surface area (Å²) in [6.07, 6.45) is 2.07. The molecule has 0 aliphatic carbocycles. The van der Waals surface area contributed by atoms with Gasteiger partial charge in [-0.1, -0.05) is 27.7 Å². The van der Waals surface area contributed by atoms with Crippen LogP contribution in [0.1, 0.15) is 40.5 Å². The van der Waals surface area contributed by atoms with Gasteiger partial charge in [-0.25, -0.2) is 0 Å². The summed E-state index contributed by atoms with van der Waals surface area (Å²) in [6.45, 7) is 9.57. The molecule has 0 rings (SSSR count). The Hall–Kier alpha value is -0.120. The van der Waals surface area contributed by atoms with E-state index in [0.29, 0.717) is 25.0 Å². The molecule has 0 heterocycles. The Morgan fingerprint density at radius 2 is 1.20 bits per heavy atom. The third-order valence-corrected chi connectivity index (χ3v) is 2.09. The van der Waals surface area contributed by atoms with Crippen LogP contribution in [-0.2, 0) is 14.2 Å². The first-order valence-corrected chi connectivity index (χ1v) is 5.82. The first-order chi connectivity index (χ1) is 7.06. The lowest BCUT2D eigenvalue weighted by molar-refractivity contribution is -0.278. The van der Waals surface area contributed by atoms with Crippen molar-refractivity contribution in [3.63, 3.8) is 0 Å². The molecular weight excluding hydrogens is 192 g/mol. The normalized spacial score (nSPS) is 12.0. The Morgan fingerprint density at radius 3 is 1.47 bits per heavy atom. The van der Waals surface area contributed by atoms with Gasteiger partial charge in [-0.3, -0.25) is 0 Å². The molecule has 0 aromatic heterocycles. The van der Waals surface area contributed by atoms with E-state index in [4.69, 9.17) is 14.2 Å². The molecule has 0 saturated heterocycles. The minimum Gasteiger partial charge on any atom is -0.333 e. The highest BCUT2D eigenvalue weighted by Gasteiger charge is 2.08. The lowest BCUT2D eigenvalue weighted by Crippen LogP contribution is -2.21. The van der Waals surface area contributed by atoms with Crippen LogP contribution in [0.5, 0.6) is 0 Å². The topological polar surface area (TPSA) is 27.7 Å². The summed E-state index contributed by atoms with van der Waals surface area (Å²) in [7, 11) is 1.61. The zero-order chi connectivity index (χ0) is 11.7. The number of hydrogen-bond acceptors (Lipinski definition) is 3. The third-order valence-electron chi connectivity index (χ3n) is 2.09. The molecule has 0 N–H and O–H groups in total. The van der Waals surface area contributed by atoms with Crippen molar-refractivity contribution in [3.8, 4) is 0 Å². The quantitative estimate of drug-likeness (QED) is 0.557. The van der Waals surface area contributed by atoms with Crippen LogP contribution in [0.2, 0.25) is 0 Å². The zero-order valence-corrected chi connectivity index (χ0v) is 10.8. The molecule has 0 amide bonds.